The van der Waals surface area contributed by atoms with Gasteiger partial charge in [-0.05, 0) is 48.2 Å². The van der Waals surface area contributed by atoms with Crippen molar-refractivity contribution >= 4 is 0 Å². The fraction of sp³-hybridized carbons (Fsp3) is 0.300. The van der Waals surface area contributed by atoms with Crippen LogP contribution in [0.4, 0.5) is 0 Å². The Bertz CT molecular complexity index is 635. The average Bonchev–Trinajstić information content (AvgIpc) is 2.91. The van der Waals surface area contributed by atoms with E-state index >= 15 is 0 Å². The van der Waals surface area contributed by atoms with Crippen molar-refractivity contribution < 1.29 is 4.74 Å². The van der Waals surface area contributed by atoms with Gasteiger partial charge in [0.2, 0.25) is 0 Å². The normalized spacial score (nSPS) is 12.6. The predicted molar refractivity (Wildman–Crippen MR) is 95.1 cm³/mol. The predicted octanol–water partition coefficient (Wildman–Crippen LogP) is 3.62. The molecule has 2 aromatic carbocycles. The van der Waals surface area contributed by atoms with Crippen LogP contribution in [0.2, 0.25) is 0 Å². The SMILES string of the molecule is C=C(NCCCCN)OCC1c2ccccc2-c2ccccc21. The molecule has 0 aliphatic heterocycles. The molecule has 3 N–H and O–H groups in total. The lowest BCUT2D eigenvalue weighted by Crippen LogP contribution is -2.19. The quantitative estimate of drug-likeness (QED) is 0.578. The number of fused-ring (bicyclic) bond motifs is 3. The van der Waals surface area contributed by atoms with Crippen LogP contribution >= 0.6 is 0 Å². The molecular formula is C20H24N2O. The molecule has 1 aliphatic carbocycles. The third-order valence-electron chi connectivity index (χ3n) is 4.34. The number of unbranched alkanes of at least 4 members (excludes halogenated alkanes) is 1. The Hall–Kier alpha value is -2.26. The molecule has 0 heterocycles. The minimum Gasteiger partial charge on any atom is -0.479 e. The highest BCUT2D eigenvalue weighted by molar-refractivity contribution is 5.78. The molecule has 0 bridgehead atoms. The first-order chi connectivity index (χ1) is 11.3. The standard InChI is InChI=1S/C20H24N2O/c1-15(22-13-7-6-12-21)23-14-20-18-10-4-2-8-16(18)17-9-3-5-11-19(17)20/h2-5,8-11,20,22H,1,6-7,12-14,21H2. The molecular weight excluding hydrogens is 284 g/mol. The summed E-state index contributed by atoms with van der Waals surface area (Å²) in [7, 11) is 0. The van der Waals surface area contributed by atoms with Gasteiger partial charge in [0.1, 0.15) is 6.61 Å². The van der Waals surface area contributed by atoms with Crippen LogP contribution < -0.4 is 11.1 Å². The van der Waals surface area contributed by atoms with Gasteiger partial charge in [-0.1, -0.05) is 48.5 Å². The number of hydrogen-bond acceptors (Lipinski definition) is 3. The molecule has 0 saturated heterocycles. The van der Waals surface area contributed by atoms with Gasteiger partial charge in [-0.2, -0.15) is 0 Å². The first-order valence-corrected chi connectivity index (χ1v) is 8.25. The second kappa shape index (κ2) is 7.34. The van der Waals surface area contributed by atoms with Crippen LogP contribution in [0, 0.1) is 0 Å². The molecule has 3 heteroatoms. The zero-order valence-electron chi connectivity index (χ0n) is 13.4. The molecule has 0 atom stereocenters. The van der Waals surface area contributed by atoms with Gasteiger partial charge in [-0.25, -0.2) is 0 Å². The fourth-order valence-corrected chi connectivity index (χ4v) is 3.17. The maximum Gasteiger partial charge on any atom is 0.179 e. The zero-order chi connectivity index (χ0) is 16.1. The monoisotopic (exact) mass is 308 g/mol. The molecule has 120 valence electrons. The number of nitrogens with one attached hydrogen (secondary N) is 1. The van der Waals surface area contributed by atoms with E-state index in [1.807, 2.05) is 0 Å². The van der Waals surface area contributed by atoms with Gasteiger partial charge in [0.25, 0.3) is 0 Å². The molecule has 0 saturated carbocycles. The highest BCUT2D eigenvalue weighted by Crippen LogP contribution is 2.44. The third kappa shape index (κ3) is 3.40. The molecule has 3 nitrogen and oxygen atoms in total. The molecule has 0 unspecified atom stereocenters. The van der Waals surface area contributed by atoms with E-state index in [0.29, 0.717) is 12.5 Å². The van der Waals surface area contributed by atoms with Crippen molar-refractivity contribution in [2.75, 3.05) is 19.7 Å². The molecule has 3 rings (SSSR count). The minimum atomic E-state index is 0.269. The van der Waals surface area contributed by atoms with Crippen LogP contribution in [-0.2, 0) is 4.74 Å². The Labute approximate surface area is 138 Å². The maximum atomic E-state index is 5.88. The summed E-state index contributed by atoms with van der Waals surface area (Å²) in [5.74, 6) is 0.911. The van der Waals surface area contributed by atoms with Crippen LogP contribution in [0.25, 0.3) is 11.1 Å². The summed E-state index contributed by atoms with van der Waals surface area (Å²) in [5, 5.41) is 3.22. The number of ether oxygens (including phenoxy) is 1. The summed E-state index contributed by atoms with van der Waals surface area (Å²) in [6.07, 6.45) is 2.05. The fourth-order valence-electron chi connectivity index (χ4n) is 3.17. The molecule has 0 radical (unpaired) electrons. The van der Waals surface area contributed by atoms with Crippen molar-refractivity contribution in [3.05, 3.63) is 72.1 Å². The second-order valence-corrected chi connectivity index (χ2v) is 5.88. The Morgan fingerprint density at radius 1 is 1.00 bits per heavy atom. The minimum absolute atomic E-state index is 0.269. The highest BCUT2D eigenvalue weighted by atomic mass is 16.5. The highest BCUT2D eigenvalue weighted by Gasteiger charge is 2.28. The van der Waals surface area contributed by atoms with Gasteiger partial charge in [0, 0.05) is 12.5 Å². The number of benzene rings is 2. The van der Waals surface area contributed by atoms with Crippen LogP contribution in [-0.4, -0.2) is 19.7 Å². The van der Waals surface area contributed by atoms with Crippen LogP contribution in [0.1, 0.15) is 29.9 Å². The Kier molecular flexibility index (Phi) is 4.99. The van der Waals surface area contributed by atoms with Gasteiger partial charge in [-0.15, -0.1) is 0 Å². The number of hydrogen-bond donors (Lipinski definition) is 2. The Morgan fingerprint density at radius 3 is 2.22 bits per heavy atom. The van der Waals surface area contributed by atoms with Gasteiger partial charge in [0.05, 0.1) is 0 Å². The summed E-state index contributed by atoms with van der Waals surface area (Å²) in [5.41, 5.74) is 10.8. The van der Waals surface area contributed by atoms with E-state index in [1.54, 1.807) is 0 Å². The smallest absolute Gasteiger partial charge is 0.179 e. The van der Waals surface area contributed by atoms with Crippen molar-refractivity contribution in [2.24, 2.45) is 5.73 Å². The molecule has 0 spiro atoms. The van der Waals surface area contributed by atoms with Crippen LogP contribution in [0.5, 0.6) is 0 Å². The molecule has 2 aromatic rings. The first-order valence-electron chi connectivity index (χ1n) is 8.25. The van der Waals surface area contributed by atoms with E-state index < -0.39 is 0 Å². The lowest BCUT2D eigenvalue weighted by atomic mass is 9.98. The van der Waals surface area contributed by atoms with Gasteiger partial charge in [0.15, 0.2) is 5.88 Å². The van der Waals surface area contributed by atoms with E-state index in [0.717, 1.165) is 25.9 Å². The van der Waals surface area contributed by atoms with E-state index in [2.05, 4.69) is 60.4 Å². The summed E-state index contributed by atoms with van der Waals surface area (Å²) in [6.45, 7) is 6.15. The lowest BCUT2D eigenvalue weighted by molar-refractivity contribution is 0.184. The molecule has 1 aliphatic rings. The van der Waals surface area contributed by atoms with Gasteiger partial charge >= 0.3 is 0 Å². The molecule has 0 amide bonds. The van der Waals surface area contributed by atoms with Crippen LogP contribution in [0.3, 0.4) is 0 Å². The summed E-state index contributed by atoms with van der Waals surface area (Å²) >= 11 is 0. The Morgan fingerprint density at radius 2 is 1.61 bits per heavy atom. The summed E-state index contributed by atoms with van der Waals surface area (Å²) in [4.78, 5) is 0. The lowest BCUT2D eigenvalue weighted by Gasteiger charge is -2.17. The van der Waals surface area contributed by atoms with Crippen LogP contribution in [0.15, 0.2) is 61.0 Å². The van der Waals surface area contributed by atoms with Crippen molar-refractivity contribution in [1.29, 1.82) is 0 Å². The number of rotatable bonds is 8. The summed E-state index contributed by atoms with van der Waals surface area (Å²) < 4.78 is 5.88. The first kappa shape index (κ1) is 15.6. The largest absolute Gasteiger partial charge is 0.479 e. The second-order valence-electron chi connectivity index (χ2n) is 5.88. The van der Waals surface area contributed by atoms with Gasteiger partial charge < -0.3 is 15.8 Å². The van der Waals surface area contributed by atoms with E-state index in [4.69, 9.17) is 10.5 Å². The zero-order valence-corrected chi connectivity index (χ0v) is 13.4. The average molecular weight is 308 g/mol. The van der Waals surface area contributed by atoms with Crippen molar-refractivity contribution in [2.45, 2.75) is 18.8 Å². The van der Waals surface area contributed by atoms with E-state index in [1.165, 1.54) is 22.3 Å². The Balaban J connectivity index is 1.65. The summed E-state index contributed by atoms with van der Waals surface area (Å²) in [6, 6.07) is 17.1. The van der Waals surface area contributed by atoms with E-state index in [-0.39, 0.29) is 5.92 Å². The maximum absolute atomic E-state index is 5.88. The number of nitrogens with two attached hydrogens (primary N) is 1. The van der Waals surface area contributed by atoms with Crippen molar-refractivity contribution in [1.82, 2.24) is 5.32 Å². The molecule has 23 heavy (non-hydrogen) atoms. The molecule has 0 aromatic heterocycles. The van der Waals surface area contributed by atoms with E-state index in [9.17, 15) is 0 Å². The topological polar surface area (TPSA) is 47.3 Å². The van der Waals surface area contributed by atoms with Crippen molar-refractivity contribution in [3.63, 3.8) is 0 Å². The molecule has 0 fully saturated rings. The van der Waals surface area contributed by atoms with Crippen molar-refractivity contribution in [3.8, 4) is 11.1 Å². The third-order valence-corrected chi connectivity index (χ3v) is 4.34. The van der Waals surface area contributed by atoms with Gasteiger partial charge in [-0.3, -0.25) is 0 Å².